The molecular weight excluding hydrogens is 176 g/mol. The second-order valence-corrected chi connectivity index (χ2v) is 3.23. The molecule has 1 aromatic carbocycles. The summed E-state index contributed by atoms with van der Waals surface area (Å²) in [7, 11) is 0. The number of aliphatic carboxylic acids is 1. The first-order valence-corrected chi connectivity index (χ1v) is 4.82. The Labute approximate surface area is 85.6 Å². The van der Waals surface area contributed by atoms with Crippen LogP contribution in [0.4, 0.5) is 0 Å². The van der Waals surface area contributed by atoms with E-state index in [1.165, 1.54) is 11.1 Å². The minimum atomic E-state index is -0.711. The van der Waals surface area contributed by atoms with Gasteiger partial charge in [0.25, 0.3) is 0 Å². The fourth-order valence-corrected chi connectivity index (χ4v) is 0.877. The number of carboxylic acids is 1. The van der Waals surface area contributed by atoms with Crippen LogP contribution in [-0.4, -0.2) is 11.1 Å². The third-order valence-corrected chi connectivity index (χ3v) is 1.89. The molecule has 0 fully saturated rings. The SMILES string of the molecule is CCCC(=O)O.Cc1ccccc1C. The summed E-state index contributed by atoms with van der Waals surface area (Å²) in [6.45, 7) is 6.08. The number of carbonyl (C=O) groups is 1. The molecule has 0 amide bonds. The van der Waals surface area contributed by atoms with Crippen molar-refractivity contribution < 1.29 is 9.90 Å². The van der Waals surface area contributed by atoms with Crippen molar-refractivity contribution in [1.29, 1.82) is 0 Å². The second kappa shape index (κ2) is 7.13. The Hall–Kier alpha value is -1.31. The Morgan fingerprint density at radius 2 is 1.64 bits per heavy atom. The lowest BCUT2D eigenvalue weighted by Gasteiger charge is -1.93. The molecule has 14 heavy (non-hydrogen) atoms. The Balaban J connectivity index is 0.000000255. The average molecular weight is 194 g/mol. The zero-order valence-electron chi connectivity index (χ0n) is 9.08. The molecule has 0 aliphatic rings. The van der Waals surface area contributed by atoms with Gasteiger partial charge >= 0.3 is 5.97 Å². The molecule has 0 atom stereocenters. The third kappa shape index (κ3) is 6.23. The maximum atomic E-state index is 9.60. The van der Waals surface area contributed by atoms with Crippen LogP contribution in [-0.2, 0) is 4.79 Å². The summed E-state index contributed by atoms with van der Waals surface area (Å²) in [4.78, 5) is 9.60. The van der Waals surface area contributed by atoms with Gasteiger partial charge in [0.2, 0.25) is 0 Å². The number of carboxylic acid groups (broad SMARTS) is 1. The van der Waals surface area contributed by atoms with Gasteiger partial charge in [0.1, 0.15) is 0 Å². The van der Waals surface area contributed by atoms with Crippen LogP contribution in [0.5, 0.6) is 0 Å². The number of aryl methyl sites for hydroxylation is 2. The van der Waals surface area contributed by atoms with Gasteiger partial charge in [-0.05, 0) is 31.4 Å². The van der Waals surface area contributed by atoms with Gasteiger partial charge in [-0.1, -0.05) is 31.2 Å². The first-order chi connectivity index (χ1) is 6.57. The van der Waals surface area contributed by atoms with Crippen molar-refractivity contribution in [2.45, 2.75) is 33.6 Å². The molecule has 0 saturated heterocycles. The van der Waals surface area contributed by atoms with E-state index in [9.17, 15) is 4.79 Å². The normalized spacial score (nSPS) is 8.79. The molecule has 78 valence electrons. The van der Waals surface area contributed by atoms with Crippen LogP contribution in [0.1, 0.15) is 30.9 Å². The molecule has 0 unspecified atom stereocenters. The number of hydrogen-bond acceptors (Lipinski definition) is 1. The summed E-state index contributed by atoms with van der Waals surface area (Å²) in [6, 6.07) is 8.36. The zero-order valence-corrected chi connectivity index (χ0v) is 9.08. The molecule has 0 aromatic heterocycles. The van der Waals surface area contributed by atoms with Crippen LogP contribution < -0.4 is 0 Å². The molecule has 2 heteroatoms. The van der Waals surface area contributed by atoms with Crippen LogP contribution in [0.2, 0.25) is 0 Å². The highest BCUT2D eigenvalue weighted by Crippen LogP contribution is 2.02. The van der Waals surface area contributed by atoms with Gasteiger partial charge < -0.3 is 5.11 Å². The highest BCUT2D eigenvalue weighted by molar-refractivity contribution is 5.66. The smallest absolute Gasteiger partial charge is 0.303 e. The van der Waals surface area contributed by atoms with E-state index in [-0.39, 0.29) is 0 Å². The lowest BCUT2D eigenvalue weighted by Crippen LogP contribution is -1.90. The van der Waals surface area contributed by atoms with E-state index in [2.05, 4.69) is 38.1 Å². The molecule has 1 rings (SSSR count). The largest absolute Gasteiger partial charge is 0.481 e. The molecule has 0 aliphatic heterocycles. The van der Waals surface area contributed by atoms with E-state index < -0.39 is 5.97 Å². The van der Waals surface area contributed by atoms with E-state index in [1.807, 2.05) is 6.92 Å². The van der Waals surface area contributed by atoms with Crippen molar-refractivity contribution in [1.82, 2.24) is 0 Å². The number of rotatable bonds is 2. The van der Waals surface area contributed by atoms with Gasteiger partial charge in [0.15, 0.2) is 0 Å². The summed E-state index contributed by atoms with van der Waals surface area (Å²) in [6.07, 6.45) is 1.02. The average Bonchev–Trinajstić information content (AvgIpc) is 2.11. The molecular formula is C12H18O2. The van der Waals surface area contributed by atoms with Crippen molar-refractivity contribution in [3.8, 4) is 0 Å². The fourth-order valence-electron chi connectivity index (χ4n) is 0.877. The van der Waals surface area contributed by atoms with E-state index in [0.29, 0.717) is 6.42 Å². The summed E-state index contributed by atoms with van der Waals surface area (Å²) in [5.74, 6) is -0.711. The van der Waals surface area contributed by atoms with Crippen LogP contribution in [0.3, 0.4) is 0 Å². The third-order valence-electron chi connectivity index (χ3n) is 1.89. The maximum Gasteiger partial charge on any atom is 0.303 e. The monoisotopic (exact) mass is 194 g/mol. The predicted molar refractivity (Wildman–Crippen MR) is 58.5 cm³/mol. The second-order valence-electron chi connectivity index (χ2n) is 3.23. The van der Waals surface area contributed by atoms with Crippen molar-refractivity contribution >= 4 is 5.97 Å². The molecule has 0 bridgehead atoms. The predicted octanol–water partition coefficient (Wildman–Crippen LogP) is 3.17. The summed E-state index contributed by atoms with van der Waals surface area (Å²) in [5, 5.41) is 7.91. The Kier molecular flexibility index (Phi) is 6.46. The Morgan fingerprint density at radius 3 is 1.79 bits per heavy atom. The van der Waals surface area contributed by atoms with E-state index in [1.54, 1.807) is 0 Å². The minimum absolute atomic E-state index is 0.292. The van der Waals surface area contributed by atoms with Gasteiger partial charge in [-0.2, -0.15) is 0 Å². The van der Waals surface area contributed by atoms with Crippen molar-refractivity contribution in [3.05, 3.63) is 35.4 Å². The summed E-state index contributed by atoms with van der Waals surface area (Å²) in [5.41, 5.74) is 2.74. The van der Waals surface area contributed by atoms with Crippen LogP contribution in [0, 0.1) is 13.8 Å². The molecule has 2 nitrogen and oxygen atoms in total. The highest BCUT2D eigenvalue weighted by Gasteiger charge is 1.87. The molecule has 0 heterocycles. The summed E-state index contributed by atoms with van der Waals surface area (Å²) < 4.78 is 0. The fraction of sp³-hybridized carbons (Fsp3) is 0.417. The Bertz CT molecular complexity index is 258. The maximum absolute atomic E-state index is 9.60. The van der Waals surface area contributed by atoms with Gasteiger partial charge in [-0.3, -0.25) is 4.79 Å². The van der Waals surface area contributed by atoms with Crippen LogP contribution >= 0.6 is 0 Å². The van der Waals surface area contributed by atoms with Gasteiger partial charge in [-0.25, -0.2) is 0 Å². The topological polar surface area (TPSA) is 37.3 Å². The molecule has 0 spiro atoms. The molecule has 0 saturated carbocycles. The Morgan fingerprint density at radius 1 is 1.21 bits per heavy atom. The molecule has 1 aromatic rings. The van der Waals surface area contributed by atoms with Crippen molar-refractivity contribution in [2.24, 2.45) is 0 Å². The highest BCUT2D eigenvalue weighted by atomic mass is 16.4. The zero-order chi connectivity index (χ0) is 11.0. The standard InChI is InChI=1S/C8H10.C4H8O2/c1-7-5-3-4-6-8(7)2;1-2-3-4(5)6/h3-6H,1-2H3;2-3H2,1H3,(H,5,6). The van der Waals surface area contributed by atoms with Gasteiger partial charge in [0.05, 0.1) is 0 Å². The molecule has 0 radical (unpaired) electrons. The van der Waals surface area contributed by atoms with Crippen molar-refractivity contribution in [3.63, 3.8) is 0 Å². The van der Waals surface area contributed by atoms with Gasteiger partial charge in [0, 0.05) is 6.42 Å². The van der Waals surface area contributed by atoms with Crippen molar-refractivity contribution in [2.75, 3.05) is 0 Å². The molecule has 1 N–H and O–H groups in total. The van der Waals surface area contributed by atoms with Crippen LogP contribution in [0.15, 0.2) is 24.3 Å². The first-order valence-electron chi connectivity index (χ1n) is 4.82. The quantitative estimate of drug-likeness (QED) is 0.785. The first kappa shape index (κ1) is 12.7. The number of hydrogen-bond donors (Lipinski definition) is 1. The lowest BCUT2D eigenvalue weighted by molar-refractivity contribution is -0.137. The number of benzene rings is 1. The summed E-state index contributed by atoms with van der Waals surface area (Å²) >= 11 is 0. The van der Waals surface area contributed by atoms with E-state index in [4.69, 9.17) is 5.11 Å². The minimum Gasteiger partial charge on any atom is -0.481 e. The molecule has 0 aliphatic carbocycles. The lowest BCUT2D eigenvalue weighted by atomic mass is 10.1. The van der Waals surface area contributed by atoms with E-state index in [0.717, 1.165) is 6.42 Å². The van der Waals surface area contributed by atoms with Gasteiger partial charge in [-0.15, -0.1) is 0 Å². The van der Waals surface area contributed by atoms with E-state index >= 15 is 0 Å². The van der Waals surface area contributed by atoms with Crippen LogP contribution in [0.25, 0.3) is 0 Å².